The Morgan fingerprint density at radius 1 is 1.33 bits per heavy atom. The molecule has 0 aliphatic rings. The molecule has 21 heavy (non-hydrogen) atoms. The molecule has 2 aromatic rings. The van der Waals surface area contributed by atoms with Crippen molar-refractivity contribution in [2.75, 3.05) is 0 Å². The maximum Gasteiger partial charge on any atom is 0.249 e. The summed E-state index contributed by atoms with van der Waals surface area (Å²) < 4.78 is 2.01. The van der Waals surface area contributed by atoms with E-state index in [0.717, 1.165) is 16.5 Å². The third kappa shape index (κ3) is 3.43. The number of aromatic nitrogens is 3. The maximum absolute atomic E-state index is 11.4. The van der Waals surface area contributed by atoms with Gasteiger partial charge in [0.25, 0.3) is 0 Å². The van der Waals surface area contributed by atoms with Crippen molar-refractivity contribution in [1.29, 1.82) is 0 Å². The molecule has 0 saturated heterocycles. The average Bonchev–Trinajstić information content (AvgIpc) is 2.88. The molecular formula is C14H19N5OS. The highest BCUT2D eigenvalue weighted by Crippen LogP contribution is 2.26. The molecule has 2 rings (SSSR count). The summed E-state index contributed by atoms with van der Waals surface area (Å²) in [5, 5.41) is 9.07. The van der Waals surface area contributed by atoms with Crippen LogP contribution in [-0.2, 0) is 12.3 Å². The standard InChI is InChI=1S/C14H19N5OS/c1-9(2)19-12(7-15)17-18-14(19)21-8-10-5-3-4-6-11(10)13(16)20/h3-6,9H,7-8,15H2,1-2H3,(H2,16,20). The van der Waals surface area contributed by atoms with Gasteiger partial charge in [0.05, 0.1) is 6.54 Å². The molecule has 1 amide bonds. The van der Waals surface area contributed by atoms with E-state index in [1.54, 1.807) is 12.1 Å². The van der Waals surface area contributed by atoms with Gasteiger partial charge in [-0.3, -0.25) is 4.79 Å². The van der Waals surface area contributed by atoms with Crippen molar-refractivity contribution >= 4 is 17.7 Å². The van der Waals surface area contributed by atoms with E-state index in [1.807, 2.05) is 16.7 Å². The second-order valence-electron chi connectivity index (χ2n) is 4.88. The van der Waals surface area contributed by atoms with Crippen LogP contribution in [0.2, 0.25) is 0 Å². The Bertz CT molecular complexity index is 638. The maximum atomic E-state index is 11.4. The van der Waals surface area contributed by atoms with Crippen molar-refractivity contribution in [3.05, 3.63) is 41.2 Å². The first-order valence-electron chi connectivity index (χ1n) is 6.69. The lowest BCUT2D eigenvalue weighted by Gasteiger charge is -2.13. The number of hydrogen-bond donors (Lipinski definition) is 2. The normalized spacial score (nSPS) is 11.0. The number of hydrogen-bond acceptors (Lipinski definition) is 5. The predicted octanol–water partition coefficient (Wildman–Crippen LogP) is 1.71. The van der Waals surface area contributed by atoms with E-state index < -0.39 is 5.91 Å². The van der Waals surface area contributed by atoms with Crippen LogP contribution in [0, 0.1) is 0 Å². The molecule has 0 radical (unpaired) electrons. The van der Waals surface area contributed by atoms with Crippen LogP contribution in [0.5, 0.6) is 0 Å². The number of amides is 1. The van der Waals surface area contributed by atoms with Crippen molar-refractivity contribution in [3.63, 3.8) is 0 Å². The van der Waals surface area contributed by atoms with Gasteiger partial charge in [0.1, 0.15) is 5.82 Å². The molecule has 0 atom stereocenters. The zero-order valence-corrected chi connectivity index (χ0v) is 12.9. The summed E-state index contributed by atoms with van der Waals surface area (Å²) in [6.45, 7) is 4.47. The fourth-order valence-corrected chi connectivity index (χ4v) is 3.18. The number of nitrogens with zero attached hydrogens (tertiary/aromatic N) is 3. The first-order valence-corrected chi connectivity index (χ1v) is 7.67. The third-order valence-corrected chi connectivity index (χ3v) is 4.07. The number of rotatable bonds is 6. The monoisotopic (exact) mass is 305 g/mol. The lowest BCUT2D eigenvalue weighted by atomic mass is 10.1. The Labute approximate surface area is 127 Å². The van der Waals surface area contributed by atoms with E-state index in [1.165, 1.54) is 11.8 Å². The van der Waals surface area contributed by atoms with E-state index in [2.05, 4.69) is 24.0 Å². The molecule has 0 unspecified atom stereocenters. The predicted molar refractivity (Wildman–Crippen MR) is 82.8 cm³/mol. The second-order valence-corrected chi connectivity index (χ2v) is 5.82. The van der Waals surface area contributed by atoms with Gasteiger partial charge in [-0.25, -0.2) is 0 Å². The van der Waals surface area contributed by atoms with Crippen molar-refractivity contribution in [2.24, 2.45) is 11.5 Å². The van der Waals surface area contributed by atoms with E-state index in [4.69, 9.17) is 11.5 Å². The minimum Gasteiger partial charge on any atom is -0.366 e. The third-order valence-electron chi connectivity index (χ3n) is 3.07. The molecule has 112 valence electrons. The van der Waals surface area contributed by atoms with Gasteiger partial charge in [0.2, 0.25) is 5.91 Å². The first kappa shape index (κ1) is 15.5. The Hall–Kier alpha value is -1.86. The van der Waals surface area contributed by atoms with Gasteiger partial charge >= 0.3 is 0 Å². The van der Waals surface area contributed by atoms with E-state index in [-0.39, 0.29) is 6.04 Å². The van der Waals surface area contributed by atoms with Crippen LogP contribution < -0.4 is 11.5 Å². The topological polar surface area (TPSA) is 99.8 Å². The van der Waals surface area contributed by atoms with Gasteiger partial charge in [-0.15, -0.1) is 10.2 Å². The van der Waals surface area contributed by atoms with Crippen LogP contribution in [0.3, 0.4) is 0 Å². The molecule has 0 fully saturated rings. The fourth-order valence-electron chi connectivity index (χ4n) is 2.09. The molecule has 0 aliphatic heterocycles. The summed E-state index contributed by atoms with van der Waals surface area (Å²) in [6, 6.07) is 7.55. The largest absolute Gasteiger partial charge is 0.366 e. The number of thioether (sulfide) groups is 1. The van der Waals surface area contributed by atoms with Crippen molar-refractivity contribution in [1.82, 2.24) is 14.8 Å². The smallest absolute Gasteiger partial charge is 0.249 e. The Balaban J connectivity index is 2.21. The molecule has 1 aromatic carbocycles. The first-order chi connectivity index (χ1) is 10.0. The number of nitrogens with two attached hydrogens (primary N) is 2. The molecule has 1 aromatic heterocycles. The van der Waals surface area contributed by atoms with Gasteiger partial charge < -0.3 is 16.0 Å². The molecule has 0 spiro atoms. The molecule has 0 bridgehead atoms. The van der Waals surface area contributed by atoms with E-state index >= 15 is 0 Å². The average molecular weight is 305 g/mol. The van der Waals surface area contributed by atoms with Crippen LogP contribution in [0.25, 0.3) is 0 Å². The van der Waals surface area contributed by atoms with Gasteiger partial charge in [-0.2, -0.15) is 0 Å². The SMILES string of the molecule is CC(C)n1c(CN)nnc1SCc1ccccc1C(N)=O. The minimum atomic E-state index is -0.417. The number of carbonyl (C=O) groups is 1. The second kappa shape index (κ2) is 6.73. The summed E-state index contributed by atoms with van der Waals surface area (Å²) in [5.74, 6) is 0.948. The van der Waals surface area contributed by atoms with Crippen molar-refractivity contribution < 1.29 is 4.79 Å². The zero-order valence-electron chi connectivity index (χ0n) is 12.1. The van der Waals surface area contributed by atoms with Gasteiger partial charge in [0, 0.05) is 17.4 Å². The van der Waals surface area contributed by atoms with Gasteiger partial charge in [-0.05, 0) is 25.5 Å². The van der Waals surface area contributed by atoms with Crippen molar-refractivity contribution in [3.8, 4) is 0 Å². The molecule has 0 saturated carbocycles. The van der Waals surface area contributed by atoms with Crippen LogP contribution in [0.15, 0.2) is 29.4 Å². The summed E-state index contributed by atoms with van der Waals surface area (Å²) >= 11 is 1.52. The van der Waals surface area contributed by atoms with Gasteiger partial charge in [-0.1, -0.05) is 30.0 Å². The summed E-state index contributed by atoms with van der Waals surface area (Å²) in [6.07, 6.45) is 0. The van der Waals surface area contributed by atoms with Gasteiger partial charge in [0.15, 0.2) is 5.16 Å². The zero-order chi connectivity index (χ0) is 15.4. The number of primary amides is 1. The Kier molecular flexibility index (Phi) is 4.98. The Morgan fingerprint density at radius 3 is 2.67 bits per heavy atom. The minimum absolute atomic E-state index is 0.229. The number of carbonyl (C=O) groups excluding carboxylic acids is 1. The highest BCUT2D eigenvalue weighted by molar-refractivity contribution is 7.98. The molecular weight excluding hydrogens is 286 g/mol. The highest BCUT2D eigenvalue weighted by Gasteiger charge is 2.15. The Morgan fingerprint density at radius 2 is 2.05 bits per heavy atom. The van der Waals surface area contributed by atoms with Crippen LogP contribution in [-0.4, -0.2) is 20.7 Å². The van der Waals surface area contributed by atoms with E-state index in [9.17, 15) is 4.79 Å². The molecule has 4 N–H and O–H groups in total. The van der Waals surface area contributed by atoms with Crippen LogP contribution in [0.4, 0.5) is 0 Å². The highest BCUT2D eigenvalue weighted by atomic mass is 32.2. The van der Waals surface area contributed by atoms with Crippen LogP contribution in [0.1, 0.15) is 41.6 Å². The summed E-state index contributed by atoms with van der Waals surface area (Å²) in [7, 11) is 0. The fraction of sp³-hybridized carbons (Fsp3) is 0.357. The quantitative estimate of drug-likeness (QED) is 0.791. The molecule has 1 heterocycles. The van der Waals surface area contributed by atoms with Crippen molar-refractivity contribution in [2.45, 2.75) is 37.3 Å². The lowest BCUT2D eigenvalue weighted by Crippen LogP contribution is -2.13. The molecule has 7 heteroatoms. The lowest BCUT2D eigenvalue weighted by molar-refractivity contribution is 0.0999. The van der Waals surface area contributed by atoms with E-state index in [0.29, 0.717) is 17.9 Å². The molecule has 6 nitrogen and oxygen atoms in total. The summed E-state index contributed by atoms with van der Waals surface area (Å²) in [4.78, 5) is 11.4. The summed E-state index contributed by atoms with van der Waals surface area (Å²) in [5.41, 5.74) is 12.5. The number of benzene rings is 1. The molecule has 0 aliphatic carbocycles. The van der Waals surface area contributed by atoms with Crippen LogP contribution >= 0.6 is 11.8 Å².